The van der Waals surface area contributed by atoms with Gasteiger partial charge < -0.3 is 4.74 Å². The molecule has 1 aliphatic heterocycles. The summed E-state index contributed by atoms with van der Waals surface area (Å²) >= 11 is 0. The van der Waals surface area contributed by atoms with Gasteiger partial charge in [0.15, 0.2) is 6.23 Å². The number of rotatable bonds is 2. The monoisotopic (exact) mass is 183 g/mol. The molecule has 4 heteroatoms. The summed E-state index contributed by atoms with van der Waals surface area (Å²) in [6.07, 6.45) is 3.37. The van der Waals surface area contributed by atoms with E-state index in [4.69, 9.17) is 4.74 Å². The molecule has 0 bridgehead atoms. The molecule has 1 fully saturated rings. The van der Waals surface area contributed by atoms with E-state index in [1.54, 1.807) is 12.1 Å². The van der Waals surface area contributed by atoms with Gasteiger partial charge in [-0.2, -0.15) is 5.10 Å². The molecular weight excluding hydrogens is 166 g/mol. The number of hydrogen-bond acceptors (Lipinski definition) is 3. The van der Waals surface area contributed by atoms with Gasteiger partial charge in [0.05, 0.1) is 0 Å². The van der Waals surface area contributed by atoms with Gasteiger partial charge in [-0.05, 0) is 26.2 Å². The molecule has 0 saturated carbocycles. The van der Waals surface area contributed by atoms with Crippen molar-refractivity contribution in [2.45, 2.75) is 32.4 Å². The van der Waals surface area contributed by atoms with Crippen molar-refractivity contribution < 1.29 is 4.74 Å². The average Bonchev–Trinajstić information content (AvgIpc) is 2.20. The zero-order valence-corrected chi connectivity index (χ0v) is 8.36. The third-order valence-electron chi connectivity index (χ3n) is 2.24. The van der Waals surface area contributed by atoms with Crippen molar-refractivity contribution in [3.05, 3.63) is 0 Å². The molecule has 0 aliphatic carbocycles. The van der Waals surface area contributed by atoms with Crippen LogP contribution in [0.5, 0.6) is 0 Å². The van der Waals surface area contributed by atoms with E-state index < -0.39 is 0 Å². The van der Waals surface area contributed by atoms with Crippen LogP contribution in [0.15, 0.2) is 10.1 Å². The molecule has 0 aromatic heterocycles. The summed E-state index contributed by atoms with van der Waals surface area (Å²) in [6.45, 7) is 6.24. The minimum absolute atomic E-state index is 0.0370. The summed E-state index contributed by atoms with van der Waals surface area (Å²) in [7, 11) is 1.75. The molecule has 13 heavy (non-hydrogen) atoms. The fraction of sp³-hybridized carbons (Fsp3) is 0.778. The second-order valence-corrected chi connectivity index (χ2v) is 3.08. The Balaban J connectivity index is 2.59. The lowest BCUT2D eigenvalue weighted by Gasteiger charge is -2.31. The second-order valence-electron chi connectivity index (χ2n) is 3.08. The molecule has 0 spiro atoms. The maximum absolute atomic E-state index is 5.57. The van der Waals surface area contributed by atoms with Gasteiger partial charge in [-0.15, -0.1) is 0 Å². The SMILES string of the molecule is C=NN(/C(C)=N/C)C1CCCCO1. The number of nitrogens with zero attached hydrogens (tertiary/aromatic N) is 3. The summed E-state index contributed by atoms with van der Waals surface area (Å²) in [5.74, 6) is 0.849. The van der Waals surface area contributed by atoms with Crippen molar-refractivity contribution >= 4 is 12.6 Å². The standard InChI is InChI=1S/C9H17N3O/c1-8(10-2)12(11-3)9-6-4-5-7-13-9/h9H,3-7H2,1-2H3/b10-8+. The van der Waals surface area contributed by atoms with Crippen molar-refractivity contribution in [2.24, 2.45) is 10.1 Å². The fourth-order valence-corrected chi connectivity index (χ4v) is 1.42. The van der Waals surface area contributed by atoms with E-state index in [-0.39, 0.29) is 6.23 Å². The number of amidine groups is 1. The second kappa shape index (κ2) is 4.97. The molecule has 1 heterocycles. The Hall–Kier alpha value is -0.900. The van der Waals surface area contributed by atoms with Gasteiger partial charge in [0.2, 0.25) is 0 Å². The summed E-state index contributed by atoms with van der Waals surface area (Å²) in [6, 6.07) is 0. The minimum Gasteiger partial charge on any atom is -0.356 e. The quantitative estimate of drug-likeness (QED) is 0.369. The van der Waals surface area contributed by atoms with E-state index in [1.165, 1.54) is 6.42 Å². The first kappa shape index (κ1) is 10.2. The van der Waals surface area contributed by atoms with Crippen LogP contribution in [0.25, 0.3) is 0 Å². The number of hydrogen-bond donors (Lipinski definition) is 0. The van der Waals surface area contributed by atoms with Gasteiger partial charge in [0.25, 0.3) is 0 Å². The third-order valence-corrected chi connectivity index (χ3v) is 2.24. The van der Waals surface area contributed by atoms with Gasteiger partial charge in [-0.3, -0.25) is 4.99 Å². The highest BCUT2D eigenvalue weighted by Gasteiger charge is 2.21. The topological polar surface area (TPSA) is 37.2 Å². The van der Waals surface area contributed by atoms with Crippen LogP contribution in [0.3, 0.4) is 0 Å². The lowest BCUT2D eigenvalue weighted by molar-refractivity contribution is -0.0553. The van der Waals surface area contributed by atoms with Crippen molar-refractivity contribution in [1.82, 2.24) is 5.01 Å². The predicted molar refractivity (Wildman–Crippen MR) is 54.0 cm³/mol. The molecule has 0 aromatic carbocycles. The lowest BCUT2D eigenvalue weighted by atomic mass is 10.2. The highest BCUT2D eigenvalue weighted by Crippen LogP contribution is 2.17. The molecule has 1 unspecified atom stereocenters. The molecule has 0 radical (unpaired) electrons. The highest BCUT2D eigenvalue weighted by atomic mass is 16.5. The number of ether oxygens (including phenoxy) is 1. The normalized spacial score (nSPS) is 24.2. The Morgan fingerprint density at radius 3 is 2.77 bits per heavy atom. The van der Waals surface area contributed by atoms with Gasteiger partial charge >= 0.3 is 0 Å². The highest BCUT2D eigenvalue weighted by molar-refractivity contribution is 5.79. The first-order valence-corrected chi connectivity index (χ1v) is 4.60. The summed E-state index contributed by atoms with van der Waals surface area (Å²) < 4.78 is 5.57. The zero-order chi connectivity index (χ0) is 9.68. The van der Waals surface area contributed by atoms with Crippen LogP contribution in [0.1, 0.15) is 26.2 Å². The van der Waals surface area contributed by atoms with Crippen molar-refractivity contribution in [3.8, 4) is 0 Å². The van der Waals surface area contributed by atoms with Crippen molar-refractivity contribution in [1.29, 1.82) is 0 Å². The van der Waals surface area contributed by atoms with E-state index in [0.717, 1.165) is 25.3 Å². The molecular formula is C9H17N3O. The molecule has 0 N–H and O–H groups in total. The van der Waals surface area contributed by atoms with E-state index in [1.807, 2.05) is 6.92 Å². The van der Waals surface area contributed by atoms with Crippen LogP contribution in [0.4, 0.5) is 0 Å². The zero-order valence-electron chi connectivity index (χ0n) is 8.36. The van der Waals surface area contributed by atoms with Crippen molar-refractivity contribution in [2.75, 3.05) is 13.7 Å². The maximum Gasteiger partial charge on any atom is 0.152 e. The number of aliphatic imine (C=N–C) groups is 1. The van der Waals surface area contributed by atoms with Crippen LogP contribution in [-0.4, -0.2) is 37.4 Å². The lowest BCUT2D eigenvalue weighted by Crippen LogP contribution is -2.38. The van der Waals surface area contributed by atoms with Gasteiger partial charge in [0.1, 0.15) is 5.84 Å². The van der Waals surface area contributed by atoms with Crippen LogP contribution in [0, 0.1) is 0 Å². The van der Waals surface area contributed by atoms with E-state index in [0.29, 0.717) is 0 Å². The minimum atomic E-state index is 0.0370. The third kappa shape index (κ3) is 2.52. The molecule has 1 aliphatic rings. The largest absolute Gasteiger partial charge is 0.356 e. The molecule has 1 atom stereocenters. The van der Waals surface area contributed by atoms with Crippen LogP contribution in [-0.2, 0) is 4.74 Å². The van der Waals surface area contributed by atoms with Gasteiger partial charge in [-0.25, -0.2) is 5.01 Å². The van der Waals surface area contributed by atoms with E-state index in [9.17, 15) is 0 Å². The van der Waals surface area contributed by atoms with E-state index in [2.05, 4.69) is 16.8 Å². The first-order valence-electron chi connectivity index (χ1n) is 4.60. The molecule has 1 rings (SSSR count). The summed E-state index contributed by atoms with van der Waals surface area (Å²) in [5, 5.41) is 5.66. The molecule has 4 nitrogen and oxygen atoms in total. The Morgan fingerprint density at radius 2 is 2.31 bits per heavy atom. The van der Waals surface area contributed by atoms with Crippen molar-refractivity contribution in [3.63, 3.8) is 0 Å². The first-order chi connectivity index (χ1) is 6.29. The Kier molecular flexibility index (Phi) is 3.89. The summed E-state index contributed by atoms with van der Waals surface area (Å²) in [5.41, 5.74) is 0. The molecule has 74 valence electrons. The average molecular weight is 183 g/mol. The Labute approximate surface area is 79.3 Å². The maximum atomic E-state index is 5.57. The summed E-state index contributed by atoms with van der Waals surface area (Å²) in [4.78, 5) is 4.06. The Bertz CT molecular complexity index is 197. The Morgan fingerprint density at radius 1 is 1.54 bits per heavy atom. The number of hydrazone groups is 1. The van der Waals surface area contributed by atoms with Crippen LogP contribution < -0.4 is 0 Å². The molecule has 0 aromatic rings. The molecule has 0 amide bonds. The van der Waals surface area contributed by atoms with Crippen LogP contribution >= 0.6 is 0 Å². The molecule has 1 saturated heterocycles. The smallest absolute Gasteiger partial charge is 0.152 e. The van der Waals surface area contributed by atoms with Gasteiger partial charge in [-0.1, -0.05) is 0 Å². The van der Waals surface area contributed by atoms with Crippen LogP contribution in [0.2, 0.25) is 0 Å². The predicted octanol–water partition coefficient (Wildman–Crippen LogP) is 1.48. The fourth-order valence-electron chi connectivity index (χ4n) is 1.42. The van der Waals surface area contributed by atoms with Gasteiger partial charge in [0, 0.05) is 20.4 Å². The van der Waals surface area contributed by atoms with E-state index >= 15 is 0 Å².